The van der Waals surface area contributed by atoms with Crippen molar-refractivity contribution in [3.63, 3.8) is 0 Å². The van der Waals surface area contributed by atoms with Crippen molar-refractivity contribution in [1.82, 2.24) is 40.1 Å². The Balaban J connectivity index is 1.16. The number of esters is 1. The van der Waals surface area contributed by atoms with E-state index in [2.05, 4.69) is 72.2 Å². The number of hydrazine groups is 1. The van der Waals surface area contributed by atoms with Crippen molar-refractivity contribution in [3.05, 3.63) is 58.2 Å². The lowest BCUT2D eigenvalue weighted by Crippen LogP contribution is -2.62. The normalized spacial score (nSPS) is 23.1. The number of rotatable bonds is 9. The van der Waals surface area contributed by atoms with Gasteiger partial charge in [-0.3, -0.25) is 34.0 Å². The molecule has 4 aromatic rings. The number of amides is 4. The van der Waals surface area contributed by atoms with Gasteiger partial charge >= 0.3 is 5.97 Å². The van der Waals surface area contributed by atoms with Crippen molar-refractivity contribution in [2.75, 3.05) is 40.4 Å². The minimum Gasteiger partial charge on any atom is -0.464 e. The van der Waals surface area contributed by atoms with Crippen molar-refractivity contribution < 1.29 is 33.4 Å². The van der Waals surface area contributed by atoms with Gasteiger partial charge in [-0.15, -0.1) is 11.3 Å². The summed E-state index contributed by atoms with van der Waals surface area (Å²) in [6.07, 6.45) is 6.61. The molecule has 1 aliphatic carbocycles. The highest BCUT2D eigenvalue weighted by Gasteiger charge is 2.44. The van der Waals surface area contributed by atoms with E-state index in [0.29, 0.717) is 43.9 Å². The van der Waals surface area contributed by atoms with Gasteiger partial charge < -0.3 is 29.2 Å². The highest BCUT2D eigenvalue weighted by atomic mass is 32.1. The fourth-order valence-corrected chi connectivity index (χ4v) is 11.7. The topological polar surface area (TPSA) is 168 Å². The number of nitrogens with one attached hydrogen (secondary N) is 2. The monoisotopic (exact) mass is 946 g/mol. The molecule has 15 nitrogen and oxygen atoms in total. The molecule has 4 aliphatic rings. The lowest BCUT2D eigenvalue weighted by Gasteiger charge is -2.37. The lowest BCUT2D eigenvalue weighted by molar-refractivity contribution is -0.155. The van der Waals surface area contributed by atoms with Crippen LogP contribution in [0.1, 0.15) is 102 Å². The predicted octanol–water partition coefficient (Wildman–Crippen LogP) is 6.34. The van der Waals surface area contributed by atoms with Gasteiger partial charge in [-0.25, -0.2) is 10.4 Å². The lowest BCUT2D eigenvalue weighted by atomic mass is 9.84. The number of aryl methyl sites for hydroxylation is 1. The molecule has 3 fully saturated rings. The first-order valence-corrected chi connectivity index (χ1v) is 25.1. The Morgan fingerprint density at radius 1 is 1.12 bits per heavy atom. The van der Waals surface area contributed by atoms with Gasteiger partial charge in [-0.05, 0) is 100 Å². The Kier molecular flexibility index (Phi) is 14.7. The molecule has 6 atom stereocenters. The van der Waals surface area contributed by atoms with Crippen LogP contribution in [0.4, 0.5) is 0 Å². The van der Waals surface area contributed by atoms with Gasteiger partial charge in [0.1, 0.15) is 18.1 Å². The number of fused-ring (bicyclic) bond motifs is 6. The first-order valence-electron chi connectivity index (χ1n) is 24.2. The maximum atomic E-state index is 14.9. The summed E-state index contributed by atoms with van der Waals surface area (Å²) in [5.74, 6) is 2.72. The minimum absolute atomic E-state index is 0.0896. The zero-order valence-corrected chi connectivity index (χ0v) is 41.5. The van der Waals surface area contributed by atoms with Crippen molar-refractivity contribution in [3.8, 4) is 34.4 Å². The Morgan fingerprint density at radius 2 is 1.90 bits per heavy atom. The smallest absolute Gasteiger partial charge is 0.324 e. The molecule has 1 saturated carbocycles. The van der Waals surface area contributed by atoms with E-state index in [4.69, 9.17) is 19.4 Å². The molecular weight excluding hydrogens is 881 g/mol. The number of hydrogen-bond acceptors (Lipinski definition) is 11. The molecule has 8 rings (SSSR count). The summed E-state index contributed by atoms with van der Waals surface area (Å²) in [7, 11) is 3.36. The average molecular weight is 947 g/mol. The number of methoxy groups -OCH3 is 1. The van der Waals surface area contributed by atoms with Gasteiger partial charge in [-0.1, -0.05) is 45.6 Å². The van der Waals surface area contributed by atoms with E-state index in [9.17, 15) is 24.0 Å². The third-order valence-electron chi connectivity index (χ3n) is 14.5. The fraction of sp³-hybridized carbons (Fsp3) is 0.558. The Hall–Kier alpha value is -5.63. The van der Waals surface area contributed by atoms with Crippen molar-refractivity contribution in [2.45, 2.75) is 124 Å². The number of carbonyl (C=O) groups is 5. The van der Waals surface area contributed by atoms with Crippen LogP contribution in [0, 0.1) is 35.0 Å². The highest BCUT2D eigenvalue weighted by molar-refractivity contribution is 7.10. The summed E-state index contributed by atoms with van der Waals surface area (Å²) in [5.41, 5.74) is 9.33. The van der Waals surface area contributed by atoms with Crippen LogP contribution >= 0.6 is 11.3 Å². The quantitative estimate of drug-likeness (QED) is 0.143. The first-order chi connectivity index (χ1) is 32.6. The molecule has 2 saturated heterocycles. The van der Waals surface area contributed by atoms with E-state index in [0.717, 1.165) is 70.4 Å². The Bertz CT molecular complexity index is 2620. The van der Waals surface area contributed by atoms with Crippen molar-refractivity contribution in [2.24, 2.45) is 23.2 Å². The van der Waals surface area contributed by atoms with Crippen LogP contribution in [0.2, 0.25) is 0 Å². The third kappa shape index (κ3) is 9.93. The molecule has 0 radical (unpaired) electrons. The molecule has 0 spiro atoms. The van der Waals surface area contributed by atoms with Gasteiger partial charge in [-0.2, -0.15) is 0 Å². The van der Waals surface area contributed by atoms with E-state index >= 15 is 0 Å². The highest BCUT2D eigenvalue weighted by Crippen LogP contribution is 2.42. The maximum Gasteiger partial charge on any atom is 0.324 e. The zero-order valence-electron chi connectivity index (χ0n) is 40.7. The number of nitrogens with zero attached hydrogens (tertiary/aromatic N) is 6. The summed E-state index contributed by atoms with van der Waals surface area (Å²) in [6, 6.07) is 7.75. The summed E-state index contributed by atoms with van der Waals surface area (Å²) in [4.78, 5) is 83.8. The van der Waals surface area contributed by atoms with Crippen molar-refractivity contribution >= 4 is 51.8 Å². The van der Waals surface area contributed by atoms with Crippen LogP contribution in [-0.2, 0) is 52.8 Å². The number of cyclic esters (lactones) is 1. The second-order valence-corrected chi connectivity index (χ2v) is 20.8. The molecule has 6 heterocycles. The molecule has 362 valence electrons. The number of aromatic nitrogens is 3. The zero-order chi connectivity index (χ0) is 48.4. The van der Waals surface area contributed by atoms with Crippen LogP contribution in [-0.4, -0.2) is 117 Å². The molecule has 3 aromatic heterocycles. The van der Waals surface area contributed by atoms with Gasteiger partial charge in [0.2, 0.25) is 11.8 Å². The number of hydrogen-bond donors (Lipinski definition) is 2. The van der Waals surface area contributed by atoms with E-state index in [-0.39, 0.29) is 49.3 Å². The number of thiazole rings is 1. The molecule has 2 N–H and O–H groups in total. The summed E-state index contributed by atoms with van der Waals surface area (Å²) >= 11 is 1.42. The summed E-state index contributed by atoms with van der Waals surface area (Å²) in [5, 5.41) is 8.26. The first kappa shape index (κ1) is 48.8. The number of carbonyl (C=O) groups excluding carboxylic acids is 5. The molecule has 4 amide bonds. The number of likely N-dealkylation sites (tertiary alicyclic amines) is 1. The number of pyridine rings is 1. The molecule has 1 aromatic carbocycles. The summed E-state index contributed by atoms with van der Waals surface area (Å²) < 4.78 is 14.3. The third-order valence-corrected chi connectivity index (χ3v) is 15.4. The van der Waals surface area contributed by atoms with Gasteiger partial charge in [0.25, 0.3) is 11.8 Å². The van der Waals surface area contributed by atoms with E-state index in [1.807, 2.05) is 25.3 Å². The van der Waals surface area contributed by atoms with Gasteiger partial charge in [0.15, 0.2) is 0 Å². The fourth-order valence-electron chi connectivity index (χ4n) is 10.8. The Morgan fingerprint density at radius 3 is 2.63 bits per heavy atom. The number of ether oxygens (including phenoxy) is 2. The minimum atomic E-state index is -1.07. The maximum absolute atomic E-state index is 14.9. The van der Waals surface area contributed by atoms with Gasteiger partial charge in [0.05, 0.1) is 40.7 Å². The Labute approximate surface area is 403 Å². The van der Waals surface area contributed by atoms with Crippen molar-refractivity contribution in [1.29, 1.82) is 0 Å². The van der Waals surface area contributed by atoms with Crippen LogP contribution in [0.25, 0.3) is 33.4 Å². The standard InChI is InChI=1S/C52H66N8O7S/c1-9-15-44(61)58-27-31(3)38(28-58)49(63)57(7)46(33-16-11-12-17-33)48(62)55-40-25-43-54-41(29-68-43)34-20-21-42-36(24-34)37(47(59(42)10-2)35-18-13-22-53-45(35)32(4)66-8)26-52(5,6)30-67-51(65)39-19-14-23-60(56-39)50(40)64/h13,18,20-22,24,29,31-33,38-40,46,56H,10-12,14,16-17,19,23,25-28,30H2,1-8H3,(H,55,62)/t31-,32-,38+,39-,40-,46-/m0/s1. The van der Waals surface area contributed by atoms with E-state index in [1.165, 1.54) is 16.3 Å². The van der Waals surface area contributed by atoms with Crippen LogP contribution < -0.4 is 10.7 Å². The summed E-state index contributed by atoms with van der Waals surface area (Å²) in [6.45, 7) is 13.7. The molecule has 3 aliphatic heterocycles. The van der Waals surface area contributed by atoms with E-state index in [1.54, 1.807) is 37.1 Å². The SMILES string of the molecule is CC#CC(=O)N1C[C@H](C)[C@H](C(=O)N(C)[C@H](C(=O)N[C@H]2Cc3nc(cs3)-c3ccc4c(c3)c(c(-c3cccnc3[C@H](C)OC)n4CC)CC(C)(C)COC(=O)[C@@H]3CCCN(N3)C2=O)C2CCCC2)C1. The second-order valence-electron chi connectivity index (χ2n) is 19.9. The van der Waals surface area contributed by atoms with Crippen LogP contribution in [0.15, 0.2) is 41.9 Å². The molecule has 68 heavy (non-hydrogen) atoms. The molecule has 6 bridgehead atoms. The van der Waals surface area contributed by atoms with E-state index < -0.39 is 47.2 Å². The average Bonchev–Trinajstić information content (AvgIpc) is 4.17. The number of benzene rings is 1. The largest absolute Gasteiger partial charge is 0.464 e. The molecular formula is C52H66N8O7S. The molecule has 16 heteroatoms. The van der Waals surface area contributed by atoms with Gasteiger partial charge in [0, 0.05) is 85.8 Å². The molecule has 0 unspecified atom stereocenters. The predicted molar refractivity (Wildman–Crippen MR) is 261 cm³/mol. The van der Waals surface area contributed by atoms with Crippen LogP contribution in [0.3, 0.4) is 0 Å². The van der Waals surface area contributed by atoms with Crippen LogP contribution in [0.5, 0.6) is 0 Å². The number of likely N-dealkylation sites (N-methyl/N-ethyl adjacent to an activating group) is 1. The second kappa shape index (κ2) is 20.5.